The van der Waals surface area contributed by atoms with Gasteiger partial charge in [-0.05, 0) is 13.8 Å². The number of carbonyl (C=O) groups excluding carboxylic acids is 2. The van der Waals surface area contributed by atoms with Crippen molar-refractivity contribution >= 4 is 23.9 Å². The van der Waals surface area contributed by atoms with Crippen molar-refractivity contribution < 1.29 is 52.0 Å². The molecule has 0 spiro atoms. The number of hydrogen-bond acceptors (Lipinski definition) is 6. The van der Waals surface area contributed by atoms with E-state index in [2.05, 4.69) is 9.47 Å². The van der Waals surface area contributed by atoms with E-state index in [1.54, 1.807) is 13.8 Å². The molecule has 0 heterocycles. The first-order valence-electron chi connectivity index (χ1n) is 7.69. The van der Waals surface area contributed by atoms with Gasteiger partial charge in [0.15, 0.2) is 0 Å². The van der Waals surface area contributed by atoms with Crippen molar-refractivity contribution in [1.29, 1.82) is 0 Å². The second-order valence-corrected chi connectivity index (χ2v) is 4.98. The summed E-state index contributed by atoms with van der Waals surface area (Å²) in [4.78, 5) is 41.9. The van der Waals surface area contributed by atoms with Crippen LogP contribution in [0.25, 0.3) is 0 Å². The van der Waals surface area contributed by atoms with Crippen molar-refractivity contribution in [2.75, 3.05) is 13.2 Å². The molecule has 0 aromatic heterocycles. The van der Waals surface area contributed by atoms with Gasteiger partial charge in [0.25, 0.3) is 0 Å². The minimum atomic E-state index is -4.70. The van der Waals surface area contributed by atoms with Gasteiger partial charge in [-0.1, -0.05) is 6.92 Å². The van der Waals surface area contributed by atoms with Gasteiger partial charge in [0.05, 0.1) is 44.3 Å². The van der Waals surface area contributed by atoms with E-state index >= 15 is 0 Å². The second-order valence-electron chi connectivity index (χ2n) is 4.98. The molecular weight excluding hydrogens is 365 g/mol. The molecule has 0 saturated heterocycles. The number of esters is 2. The summed E-state index contributed by atoms with van der Waals surface area (Å²) in [6, 6.07) is 0. The highest BCUT2D eigenvalue weighted by atomic mass is 19.4. The molecule has 0 aliphatic heterocycles. The lowest BCUT2D eigenvalue weighted by Gasteiger charge is -2.20. The molecule has 0 aromatic carbocycles. The molecule has 0 aromatic rings. The van der Waals surface area contributed by atoms with E-state index in [4.69, 9.17) is 10.2 Å². The van der Waals surface area contributed by atoms with Gasteiger partial charge in [-0.2, -0.15) is 13.2 Å². The monoisotopic (exact) mass is 388 g/mol. The first-order chi connectivity index (χ1) is 11.9. The van der Waals surface area contributed by atoms with Gasteiger partial charge in [0, 0.05) is 0 Å². The predicted molar refractivity (Wildman–Crippen MR) is 81.1 cm³/mol. The van der Waals surface area contributed by atoms with Crippen molar-refractivity contribution in [3.05, 3.63) is 0 Å². The van der Waals surface area contributed by atoms with Crippen molar-refractivity contribution in [1.82, 2.24) is 0 Å². The summed E-state index contributed by atoms with van der Waals surface area (Å²) >= 11 is 0. The van der Waals surface area contributed by atoms with Crippen molar-refractivity contribution in [2.24, 2.45) is 11.8 Å². The van der Waals surface area contributed by atoms with Gasteiger partial charge in [0.2, 0.25) is 0 Å². The second kappa shape index (κ2) is 13.0. The SMILES string of the molecule is CC(C(CC(=O)O)C(=O)O)C(F)(F)F.CCOC(=O)CCC(=O)OCC. The Morgan fingerprint density at radius 3 is 1.54 bits per heavy atom. The first-order valence-corrected chi connectivity index (χ1v) is 7.69. The average molecular weight is 388 g/mol. The molecule has 152 valence electrons. The Kier molecular flexibility index (Phi) is 12.9. The molecule has 0 aliphatic rings. The molecule has 0 radical (unpaired) electrons. The van der Waals surface area contributed by atoms with Gasteiger partial charge in [-0.25, -0.2) is 0 Å². The zero-order chi connectivity index (χ0) is 20.9. The molecule has 0 bridgehead atoms. The van der Waals surface area contributed by atoms with Gasteiger partial charge in [0.1, 0.15) is 0 Å². The highest BCUT2D eigenvalue weighted by molar-refractivity contribution is 5.78. The predicted octanol–water partition coefficient (Wildman–Crippen LogP) is 2.25. The van der Waals surface area contributed by atoms with E-state index in [9.17, 15) is 32.3 Å². The van der Waals surface area contributed by atoms with Crippen LogP contribution in [0.4, 0.5) is 13.2 Å². The third-order valence-electron chi connectivity index (χ3n) is 2.98. The van der Waals surface area contributed by atoms with Crippen LogP contribution in [0.1, 0.15) is 40.0 Å². The summed E-state index contributed by atoms with van der Waals surface area (Å²) in [5.41, 5.74) is 0. The Balaban J connectivity index is 0. The normalized spacial score (nSPS) is 12.8. The number of rotatable bonds is 9. The third-order valence-corrected chi connectivity index (χ3v) is 2.98. The number of carboxylic acid groups (broad SMARTS) is 2. The number of halogens is 3. The van der Waals surface area contributed by atoms with Crippen LogP contribution in [-0.4, -0.2) is 53.5 Å². The third kappa shape index (κ3) is 13.0. The van der Waals surface area contributed by atoms with Gasteiger partial charge in [-0.3, -0.25) is 19.2 Å². The Morgan fingerprint density at radius 1 is 0.923 bits per heavy atom. The van der Waals surface area contributed by atoms with Gasteiger partial charge < -0.3 is 19.7 Å². The molecule has 8 nitrogen and oxygen atoms in total. The van der Waals surface area contributed by atoms with E-state index in [-0.39, 0.29) is 24.8 Å². The van der Waals surface area contributed by atoms with Crippen LogP contribution >= 0.6 is 0 Å². The van der Waals surface area contributed by atoms with E-state index in [1.165, 1.54) is 0 Å². The number of hydrogen-bond donors (Lipinski definition) is 2. The topological polar surface area (TPSA) is 127 Å². The van der Waals surface area contributed by atoms with Crippen molar-refractivity contribution in [3.8, 4) is 0 Å². The largest absolute Gasteiger partial charge is 0.481 e. The highest BCUT2D eigenvalue weighted by Crippen LogP contribution is 2.33. The van der Waals surface area contributed by atoms with Crippen LogP contribution in [0.15, 0.2) is 0 Å². The quantitative estimate of drug-likeness (QED) is 0.576. The van der Waals surface area contributed by atoms with Crippen LogP contribution < -0.4 is 0 Å². The fraction of sp³-hybridized carbons (Fsp3) is 0.733. The molecular formula is C15H23F3O8. The van der Waals surface area contributed by atoms with E-state index in [0.29, 0.717) is 20.1 Å². The van der Waals surface area contributed by atoms with Crippen molar-refractivity contribution in [2.45, 2.75) is 46.2 Å². The number of carboxylic acids is 2. The number of ether oxygens (including phenoxy) is 2. The van der Waals surface area contributed by atoms with Crippen LogP contribution in [-0.2, 0) is 28.7 Å². The van der Waals surface area contributed by atoms with Crippen LogP contribution in [0.5, 0.6) is 0 Å². The smallest absolute Gasteiger partial charge is 0.392 e. The molecule has 0 saturated carbocycles. The van der Waals surface area contributed by atoms with Gasteiger partial charge in [-0.15, -0.1) is 0 Å². The minimum Gasteiger partial charge on any atom is -0.481 e. The van der Waals surface area contributed by atoms with Crippen molar-refractivity contribution in [3.63, 3.8) is 0 Å². The fourth-order valence-corrected chi connectivity index (χ4v) is 1.56. The van der Waals surface area contributed by atoms with Crippen LogP contribution in [0, 0.1) is 11.8 Å². The molecule has 11 heteroatoms. The molecule has 2 atom stereocenters. The summed E-state index contributed by atoms with van der Waals surface area (Å²) in [5, 5.41) is 16.6. The summed E-state index contributed by atoms with van der Waals surface area (Å²) in [7, 11) is 0. The summed E-state index contributed by atoms with van der Waals surface area (Å²) < 4.78 is 45.4. The molecule has 2 unspecified atom stereocenters. The molecule has 26 heavy (non-hydrogen) atoms. The number of alkyl halides is 3. The maximum Gasteiger partial charge on any atom is 0.392 e. The van der Waals surface area contributed by atoms with Crippen LogP contribution in [0.3, 0.4) is 0 Å². The van der Waals surface area contributed by atoms with Gasteiger partial charge >= 0.3 is 30.1 Å². The Labute approximate surface area is 148 Å². The highest BCUT2D eigenvalue weighted by Gasteiger charge is 2.45. The molecule has 0 fully saturated rings. The summed E-state index contributed by atoms with van der Waals surface area (Å²) in [6.07, 6.45) is -5.52. The number of carbonyl (C=O) groups is 4. The number of aliphatic carboxylic acids is 2. The zero-order valence-electron chi connectivity index (χ0n) is 14.7. The molecule has 0 aliphatic carbocycles. The maximum atomic E-state index is 12.1. The van der Waals surface area contributed by atoms with E-state index < -0.39 is 36.4 Å². The lowest BCUT2D eigenvalue weighted by molar-refractivity contribution is -0.193. The Morgan fingerprint density at radius 2 is 1.31 bits per heavy atom. The molecule has 2 N–H and O–H groups in total. The average Bonchev–Trinajstić information content (AvgIpc) is 2.50. The lowest BCUT2D eigenvalue weighted by Crippen LogP contribution is -2.34. The van der Waals surface area contributed by atoms with E-state index in [1.807, 2.05) is 0 Å². The molecule has 0 rings (SSSR count). The lowest BCUT2D eigenvalue weighted by atomic mass is 9.90. The summed E-state index contributed by atoms with van der Waals surface area (Å²) in [5.74, 6) is -8.13. The van der Waals surface area contributed by atoms with E-state index in [0.717, 1.165) is 0 Å². The Hall–Kier alpha value is -2.33. The Bertz CT molecular complexity index is 458. The first kappa shape index (κ1) is 25.9. The van der Waals surface area contributed by atoms with Crippen LogP contribution in [0.2, 0.25) is 0 Å². The fourth-order valence-electron chi connectivity index (χ4n) is 1.56. The molecule has 0 amide bonds. The standard InChI is InChI=1S/C8H14O4.C7H9F3O4/c1-3-11-7(9)5-6-8(10)12-4-2;1-3(7(8,9)10)4(6(13)14)2-5(11)12/h3-6H2,1-2H3;3-4H,2H2,1H3,(H,11,12)(H,13,14). The maximum absolute atomic E-state index is 12.1. The summed E-state index contributed by atoms with van der Waals surface area (Å²) in [6.45, 7) is 4.80. The zero-order valence-corrected chi connectivity index (χ0v) is 14.7. The minimum absolute atomic E-state index is 0.104.